The highest BCUT2D eigenvalue weighted by molar-refractivity contribution is 14.0. The van der Waals surface area contributed by atoms with E-state index in [9.17, 15) is 0 Å². The summed E-state index contributed by atoms with van der Waals surface area (Å²) >= 11 is 0. The quantitative estimate of drug-likeness (QED) is 0.306. The van der Waals surface area contributed by atoms with Crippen LogP contribution >= 0.6 is 24.0 Å². The van der Waals surface area contributed by atoms with Crippen LogP contribution in [0.15, 0.2) is 4.99 Å². The molecule has 0 bridgehead atoms. The third-order valence-electron chi connectivity index (χ3n) is 3.61. The summed E-state index contributed by atoms with van der Waals surface area (Å²) in [6, 6.07) is 0.528. The lowest BCUT2D eigenvalue weighted by molar-refractivity contribution is 0.119. The summed E-state index contributed by atoms with van der Waals surface area (Å²) in [5.41, 5.74) is 0. The van der Waals surface area contributed by atoms with Crippen LogP contribution in [0.5, 0.6) is 0 Å². The lowest BCUT2D eigenvalue weighted by Gasteiger charge is -2.36. The molecule has 1 aliphatic heterocycles. The molecule has 0 aromatic carbocycles. The van der Waals surface area contributed by atoms with Gasteiger partial charge in [0.2, 0.25) is 0 Å². The highest BCUT2D eigenvalue weighted by Gasteiger charge is 2.21. The van der Waals surface area contributed by atoms with Crippen molar-refractivity contribution in [2.75, 3.05) is 53.4 Å². The van der Waals surface area contributed by atoms with Gasteiger partial charge in [0.15, 0.2) is 5.96 Å². The lowest BCUT2D eigenvalue weighted by atomic mass is 10.2. The number of hydrogen-bond donors (Lipinski definition) is 2. The predicted molar refractivity (Wildman–Crippen MR) is 98.2 cm³/mol. The van der Waals surface area contributed by atoms with E-state index in [1.165, 1.54) is 12.8 Å². The van der Waals surface area contributed by atoms with E-state index in [0.29, 0.717) is 6.04 Å². The number of aliphatic imine (C=N–C) groups is 1. The Labute approximate surface area is 141 Å². The molecule has 5 nitrogen and oxygen atoms in total. The van der Waals surface area contributed by atoms with E-state index in [2.05, 4.69) is 48.4 Å². The largest absolute Gasteiger partial charge is 0.357 e. The number of guanidine groups is 1. The molecule has 6 heteroatoms. The van der Waals surface area contributed by atoms with Crippen LogP contribution in [0.4, 0.5) is 0 Å². The highest BCUT2D eigenvalue weighted by Crippen LogP contribution is 2.05. The van der Waals surface area contributed by atoms with Crippen LogP contribution in [0.1, 0.15) is 26.7 Å². The first-order valence-corrected chi connectivity index (χ1v) is 7.58. The molecule has 1 atom stereocenters. The van der Waals surface area contributed by atoms with Gasteiger partial charge < -0.3 is 15.5 Å². The molecule has 120 valence electrons. The third-order valence-corrected chi connectivity index (χ3v) is 3.61. The van der Waals surface area contributed by atoms with E-state index in [-0.39, 0.29) is 24.0 Å². The fourth-order valence-corrected chi connectivity index (χ4v) is 2.22. The Kier molecular flexibility index (Phi) is 11.5. The lowest BCUT2D eigenvalue weighted by Crippen LogP contribution is -2.51. The number of unbranched alkanes of at least 4 members (excludes halogenated alkanes) is 1. The maximum Gasteiger partial charge on any atom is 0.191 e. The minimum Gasteiger partial charge on any atom is -0.357 e. The molecule has 0 amide bonds. The van der Waals surface area contributed by atoms with E-state index in [4.69, 9.17) is 4.99 Å². The zero-order valence-electron chi connectivity index (χ0n) is 13.5. The first-order chi connectivity index (χ1) is 9.17. The van der Waals surface area contributed by atoms with Crippen LogP contribution in [-0.2, 0) is 0 Å². The molecule has 1 heterocycles. The van der Waals surface area contributed by atoms with Gasteiger partial charge in [0, 0.05) is 38.8 Å². The van der Waals surface area contributed by atoms with Crippen molar-refractivity contribution in [3.63, 3.8) is 0 Å². The molecule has 0 aliphatic carbocycles. The van der Waals surface area contributed by atoms with Gasteiger partial charge in [-0.2, -0.15) is 0 Å². The Morgan fingerprint density at radius 3 is 2.60 bits per heavy atom. The van der Waals surface area contributed by atoms with Crippen LogP contribution in [0.3, 0.4) is 0 Å². The molecule has 1 fully saturated rings. The molecule has 1 aliphatic rings. The molecule has 0 saturated carbocycles. The van der Waals surface area contributed by atoms with Crippen molar-refractivity contribution in [2.24, 2.45) is 4.99 Å². The molecule has 2 N–H and O–H groups in total. The summed E-state index contributed by atoms with van der Waals surface area (Å²) in [5, 5.41) is 6.71. The van der Waals surface area contributed by atoms with Crippen molar-refractivity contribution >= 4 is 29.9 Å². The van der Waals surface area contributed by atoms with Gasteiger partial charge in [-0.15, -0.1) is 24.0 Å². The van der Waals surface area contributed by atoms with E-state index in [1.807, 2.05) is 0 Å². The summed E-state index contributed by atoms with van der Waals surface area (Å²) in [5.74, 6) is 0.956. The second kappa shape index (κ2) is 11.6. The number of nitrogens with zero attached hydrogens (tertiary/aromatic N) is 3. The van der Waals surface area contributed by atoms with Gasteiger partial charge in [0.05, 0.1) is 6.54 Å². The summed E-state index contributed by atoms with van der Waals surface area (Å²) in [6.45, 7) is 10.5. The third kappa shape index (κ3) is 7.64. The number of hydrogen-bond acceptors (Lipinski definition) is 3. The van der Waals surface area contributed by atoms with Crippen LogP contribution in [0.2, 0.25) is 0 Å². The summed E-state index contributed by atoms with van der Waals surface area (Å²) in [6.07, 6.45) is 2.40. The van der Waals surface area contributed by atoms with Gasteiger partial charge in [-0.05, 0) is 27.4 Å². The molecule has 0 aromatic heterocycles. The van der Waals surface area contributed by atoms with Crippen molar-refractivity contribution in [3.05, 3.63) is 0 Å². The maximum atomic E-state index is 4.72. The average molecular weight is 397 g/mol. The molecule has 1 unspecified atom stereocenters. The van der Waals surface area contributed by atoms with Crippen LogP contribution in [0.25, 0.3) is 0 Å². The van der Waals surface area contributed by atoms with Crippen molar-refractivity contribution in [2.45, 2.75) is 32.7 Å². The normalized spacial score (nSPS) is 21.4. The molecular formula is C14H32IN5. The van der Waals surface area contributed by atoms with Gasteiger partial charge >= 0.3 is 0 Å². The Bertz CT molecular complexity index is 272. The molecular weight excluding hydrogens is 365 g/mol. The minimum absolute atomic E-state index is 0. The van der Waals surface area contributed by atoms with E-state index in [1.54, 1.807) is 0 Å². The van der Waals surface area contributed by atoms with Gasteiger partial charge in [-0.25, -0.2) is 0 Å². The van der Waals surface area contributed by atoms with Gasteiger partial charge in [-0.3, -0.25) is 9.89 Å². The van der Waals surface area contributed by atoms with Crippen molar-refractivity contribution in [1.82, 2.24) is 20.4 Å². The fourth-order valence-electron chi connectivity index (χ4n) is 2.22. The standard InChI is InChI=1S/C14H31N5.HI/c1-5-7-8-16-14(15-6-2)17-11-13-12-18(3)9-10-19(13)4;/h13H,5-12H2,1-4H3,(H2,15,16,17);1H. The monoisotopic (exact) mass is 397 g/mol. The predicted octanol–water partition coefficient (Wildman–Crippen LogP) is 1.21. The van der Waals surface area contributed by atoms with Crippen LogP contribution in [0, 0.1) is 0 Å². The van der Waals surface area contributed by atoms with Crippen LogP contribution < -0.4 is 10.6 Å². The summed E-state index contributed by atoms with van der Waals surface area (Å²) < 4.78 is 0. The second-order valence-electron chi connectivity index (χ2n) is 5.40. The summed E-state index contributed by atoms with van der Waals surface area (Å²) in [4.78, 5) is 9.52. The number of piperazine rings is 1. The Balaban J connectivity index is 0.00000361. The molecule has 0 spiro atoms. The SMILES string of the molecule is CCCCNC(=NCC1CN(C)CCN1C)NCC.I. The molecule has 1 saturated heterocycles. The van der Waals surface area contributed by atoms with Crippen molar-refractivity contribution < 1.29 is 0 Å². The van der Waals surface area contributed by atoms with Crippen molar-refractivity contribution in [1.29, 1.82) is 0 Å². The Morgan fingerprint density at radius 2 is 1.95 bits per heavy atom. The molecule has 0 aromatic rings. The summed E-state index contributed by atoms with van der Waals surface area (Å²) in [7, 11) is 4.39. The second-order valence-corrected chi connectivity index (χ2v) is 5.40. The van der Waals surface area contributed by atoms with E-state index < -0.39 is 0 Å². The Morgan fingerprint density at radius 1 is 1.20 bits per heavy atom. The molecule has 20 heavy (non-hydrogen) atoms. The number of halogens is 1. The Hall–Kier alpha value is -0.0800. The van der Waals surface area contributed by atoms with Gasteiger partial charge in [0.1, 0.15) is 0 Å². The topological polar surface area (TPSA) is 42.9 Å². The first-order valence-electron chi connectivity index (χ1n) is 7.58. The number of rotatable bonds is 6. The number of nitrogens with one attached hydrogen (secondary N) is 2. The highest BCUT2D eigenvalue weighted by atomic mass is 127. The smallest absolute Gasteiger partial charge is 0.191 e. The van der Waals surface area contributed by atoms with Crippen LogP contribution in [-0.4, -0.2) is 75.2 Å². The zero-order valence-corrected chi connectivity index (χ0v) is 15.8. The number of likely N-dealkylation sites (N-methyl/N-ethyl adjacent to an activating group) is 2. The van der Waals surface area contributed by atoms with Gasteiger partial charge in [0.25, 0.3) is 0 Å². The van der Waals surface area contributed by atoms with Gasteiger partial charge in [-0.1, -0.05) is 13.3 Å². The fraction of sp³-hybridized carbons (Fsp3) is 0.929. The average Bonchev–Trinajstić information content (AvgIpc) is 2.40. The minimum atomic E-state index is 0. The van der Waals surface area contributed by atoms with E-state index in [0.717, 1.165) is 45.2 Å². The maximum absolute atomic E-state index is 4.72. The zero-order chi connectivity index (χ0) is 14.1. The van der Waals surface area contributed by atoms with Crippen molar-refractivity contribution in [3.8, 4) is 0 Å². The first kappa shape index (κ1) is 19.9. The van der Waals surface area contributed by atoms with E-state index >= 15 is 0 Å². The molecule has 1 rings (SSSR count). The molecule has 0 radical (unpaired) electrons.